The van der Waals surface area contributed by atoms with Crippen LogP contribution in [0.3, 0.4) is 0 Å². The summed E-state index contributed by atoms with van der Waals surface area (Å²) in [6, 6.07) is 14.5. The van der Waals surface area contributed by atoms with Crippen LogP contribution in [0.2, 0.25) is 0 Å². The molecular weight excluding hydrogens is 376 g/mol. The molecule has 3 aromatic carbocycles. The van der Waals surface area contributed by atoms with Gasteiger partial charge in [0.25, 0.3) is 0 Å². The molecule has 0 aromatic heterocycles. The minimum absolute atomic E-state index is 0.0338. The van der Waals surface area contributed by atoms with E-state index in [9.17, 15) is 19.2 Å². The maximum absolute atomic E-state index is 13.1. The maximum atomic E-state index is 13.1. The molecule has 0 N–H and O–H groups in total. The van der Waals surface area contributed by atoms with E-state index in [2.05, 4.69) is 0 Å². The minimum atomic E-state index is -0.0341. The summed E-state index contributed by atoms with van der Waals surface area (Å²) in [6.45, 7) is 3.03. The molecule has 0 atom stereocenters. The molecule has 0 radical (unpaired) electrons. The van der Waals surface area contributed by atoms with Crippen molar-refractivity contribution in [2.75, 3.05) is 0 Å². The Morgan fingerprint density at radius 2 is 1.63 bits per heavy atom. The van der Waals surface area contributed by atoms with Crippen LogP contribution in [0.25, 0.3) is 22.4 Å². The smallest absolute Gasteiger partial charge is 0.167 e. The highest BCUT2D eigenvalue weighted by Crippen LogP contribution is 2.30. The molecule has 4 rings (SSSR count). The average Bonchev–Trinajstić information content (AvgIpc) is 2.73. The van der Waals surface area contributed by atoms with Crippen LogP contribution in [0.5, 0.6) is 0 Å². The number of hydrogen-bond acceptors (Lipinski definition) is 4. The van der Waals surface area contributed by atoms with Crippen molar-refractivity contribution in [3.63, 3.8) is 0 Å². The van der Waals surface area contributed by atoms with Crippen LogP contribution >= 0.6 is 0 Å². The molecule has 148 valence electrons. The molecule has 0 spiro atoms. The van der Waals surface area contributed by atoms with E-state index in [0.29, 0.717) is 16.7 Å². The molecule has 0 aliphatic heterocycles. The lowest BCUT2D eigenvalue weighted by atomic mass is 9.85. The third-order valence-corrected chi connectivity index (χ3v) is 5.58. The molecule has 4 heteroatoms. The van der Waals surface area contributed by atoms with Crippen LogP contribution in [-0.2, 0) is 16.0 Å². The fourth-order valence-electron chi connectivity index (χ4n) is 4.06. The monoisotopic (exact) mass is 396 g/mol. The van der Waals surface area contributed by atoms with Crippen molar-refractivity contribution >= 4 is 46.1 Å². The van der Waals surface area contributed by atoms with Gasteiger partial charge in [0.2, 0.25) is 0 Å². The van der Waals surface area contributed by atoms with Crippen LogP contribution < -0.4 is 10.4 Å². The van der Waals surface area contributed by atoms with Gasteiger partial charge in [0, 0.05) is 29.5 Å². The van der Waals surface area contributed by atoms with Gasteiger partial charge >= 0.3 is 0 Å². The summed E-state index contributed by atoms with van der Waals surface area (Å²) in [5, 5.41) is 3.26. The SMILES string of the molecule is CC(=O)c1ccc2c(c1)=CCC(=O)C=2c1c(CC=O)ccc2cc(C(C)=O)ccc12. The summed E-state index contributed by atoms with van der Waals surface area (Å²) in [7, 11) is 0. The number of rotatable bonds is 5. The molecule has 0 saturated heterocycles. The first-order valence-corrected chi connectivity index (χ1v) is 9.80. The summed E-state index contributed by atoms with van der Waals surface area (Å²) in [5.74, 6) is -0.102. The molecular formula is C26H20O4. The largest absolute Gasteiger partial charge is 0.303 e. The first-order valence-electron chi connectivity index (χ1n) is 9.80. The number of carbonyl (C=O) groups is 4. The number of aldehydes is 1. The highest BCUT2D eigenvalue weighted by molar-refractivity contribution is 6.26. The Balaban J connectivity index is 2.13. The van der Waals surface area contributed by atoms with E-state index in [1.807, 2.05) is 42.5 Å². The molecule has 3 aromatic rings. The lowest BCUT2D eigenvalue weighted by molar-refractivity contribution is -0.113. The van der Waals surface area contributed by atoms with E-state index in [0.717, 1.165) is 38.6 Å². The number of ketones is 3. The maximum Gasteiger partial charge on any atom is 0.167 e. The van der Waals surface area contributed by atoms with E-state index in [1.54, 1.807) is 12.1 Å². The molecule has 0 unspecified atom stereocenters. The normalized spacial score (nSPS) is 13.0. The fourth-order valence-corrected chi connectivity index (χ4v) is 4.06. The zero-order valence-corrected chi connectivity index (χ0v) is 16.8. The Morgan fingerprint density at radius 3 is 2.33 bits per heavy atom. The van der Waals surface area contributed by atoms with Gasteiger partial charge in [-0.3, -0.25) is 14.4 Å². The van der Waals surface area contributed by atoms with Gasteiger partial charge in [-0.25, -0.2) is 0 Å². The standard InChI is InChI=1S/C26H20O4/c1-15(28)18-5-8-22-20(13-18)4-3-17(11-12-27)25(22)26-23-9-6-19(16(2)29)14-21(23)7-10-24(26)30/h3-9,12-14H,10-11H2,1-2H3. The number of benzene rings is 3. The summed E-state index contributed by atoms with van der Waals surface area (Å²) in [4.78, 5) is 48.0. The van der Waals surface area contributed by atoms with Crippen LogP contribution in [0, 0.1) is 0 Å². The highest BCUT2D eigenvalue weighted by atomic mass is 16.1. The van der Waals surface area contributed by atoms with E-state index in [4.69, 9.17) is 0 Å². The van der Waals surface area contributed by atoms with E-state index in [1.165, 1.54) is 13.8 Å². The Kier molecular flexibility index (Phi) is 5.00. The second-order valence-corrected chi connectivity index (χ2v) is 7.53. The quantitative estimate of drug-likeness (QED) is 0.491. The van der Waals surface area contributed by atoms with Crippen molar-refractivity contribution in [2.24, 2.45) is 0 Å². The molecule has 0 amide bonds. The number of Topliss-reactive ketones (excluding diaryl/α,β-unsaturated/α-hetero) is 3. The van der Waals surface area contributed by atoms with Crippen molar-refractivity contribution in [2.45, 2.75) is 26.7 Å². The summed E-state index contributed by atoms with van der Waals surface area (Å²) in [6.07, 6.45) is 3.08. The predicted octanol–water partition coefficient (Wildman–Crippen LogP) is 2.94. The van der Waals surface area contributed by atoms with Crippen LogP contribution in [0.15, 0.2) is 48.5 Å². The van der Waals surface area contributed by atoms with E-state index in [-0.39, 0.29) is 30.2 Å². The molecule has 1 aliphatic rings. The van der Waals surface area contributed by atoms with Crippen molar-refractivity contribution < 1.29 is 19.2 Å². The minimum Gasteiger partial charge on any atom is -0.303 e. The molecule has 0 heterocycles. The van der Waals surface area contributed by atoms with Gasteiger partial charge in [-0.05, 0) is 58.3 Å². The Labute approximate surface area is 173 Å². The lowest BCUT2D eigenvalue weighted by Crippen LogP contribution is -2.34. The zero-order valence-electron chi connectivity index (χ0n) is 16.8. The van der Waals surface area contributed by atoms with Crippen LogP contribution in [-0.4, -0.2) is 23.6 Å². The first-order chi connectivity index (χ1) is 14.4. The van der Waals surface area contributed by atoms with Crippen molar-refractivity contribution in [1.82, 2.24) is 0 Å². The van der Waals surface area contributed by atoms with Gasteiger partial charge in [0.15, 0.2) is 17.3 Å². The van der Waals surface area contributed by atoms with Gasteiger partial charge in [0.1, 0.15) is 6.29 Å². The molecule has 4 nitrogen and oxygen atoms in total. The third-order valence-electron chi connectivity index (χ3n) is 5.58. The summed E-state index contributed by atoms with van der Waals surface area (Å²) in [5.41, 5.74) is 3.23. The van der Waals surface area contributed by atoms with Crippen molar-refractivity contribution in [3.8, 4) is 0 Å². The highest BCUT2D eigenvalue weighted by Gasteiger charge is 2.22. The zero-order chi connectivity index (χ0) is 21.4. The van der Waals surface area contributed by atoms with E-state index < -0.39 is 0 Å². The third kappa shape index (κ3) is 3.30. The Bertz CT molecular complexity index is 1380. The molecule has 0 saturated carbocycles. The number of hydrogen-bond donors (Lipinski definition) is 0. The predicted molar refractivity (Wildman–Crippen MR) is 116 cm³/mol. The molecule has 0 bridgehead atoms. The molecule has 0 fully saturated rings. The second-order valence-electron chi connectivity index (χ2n) is 7.53. The van der Waals surface area contributed by atoms with Crippen molar-refractivity contribution in [3.05, 3.63) is 81.2 Å². The van der Waals surface area contributed by atoms with Gasteiger partial charge < -0.3 is 4.79 Å². The molecule has 30 heavy (non-hydrogen) atoms. The fraction of sp³-hybridized carbons (Fsp3) is 0.154. The van der Waals surface area contributed by atoms with E-state index >= 15 is 0 Å². The average molecular weight is 396 g/mol. The lowest BCUT2D eigenvalue weighted by Gasteiger charge is -2.17. The van der Waals surface area contributed by atoms with Crippen molar-refractivity contribution in [1.29, 1.82) is 0 Å². The first kappa shape index (κ1) is 19.6. The molecule has 1 aliphatic carbocycles. The summed E-state index contributed by atoms with van der Waals surface area (Å²) >= 11 is 0. The topological polar surface area (TPSA) is 68.3 Å². The second kappa shape index (κ2) is 7.64. The van der Waals surface area contributed by atoms with Gasteiger partial charge in [-0.1, -0.05) is 42.5 Å². The number of fused-ring (bicyclic) bond motifs is 2. The number of carbonyl (C=O) groups excluding carboxylic acids is 4. The van der Waals surface area contributed by atoms with Gasteiger partial charge in [-0.2, -0.15) is 0 Å². The Morgan fingerprint density at radius 1 is 0.933 bits per heavy atom. The van der Waals surface area contributed by atoms with Gasteiger partial charge in [-0.15, -0.1) is 0 Å². The Hall–Kier alpha value is -3.66. The van der Waals surface area contributed by atoms with Crippen LogP contribution in [0.1, 0.15) is 52.1 Å². The van der Waals surface area contributed by atoms with Crippen LogP contribution in [0.4, 0.5) is 0 Å². The van der Waals surface area contributed by atoms with Gasteiger partial charge in [0.05, 0.1) is 0 Å². The summed E-state index contributed by atoms with van der Waals surface area (Å²) < 4.78 is 0.